The second-order valence-electron chi connectivity index (χ2n) is 6.12. The van der Waals surface area contributed by atoms with Gasteiger partial charge in [0.1, 0.15) is 0 Å². The molecule has 0 spiro atoms. The van der Waals surface area contributed by atoms with Gasteiger partial charge in [0.15, 0.2) is 0 Å². The summed E-state index contributed by atoms with van der Waals surface area (Å²) in [6.45, 7) is 11.7. The van der Waals surface area contributed by atoms with Gasteiger partial charge in [0.2, 0.25) is 0 Å². The van der Waals surface area contributed by atoms with Crippen LogP contribution < -0.4 is 5.32 Å². The van der Waals surface area contributed by atoms with Gasteiger partial charge in [-0.25, -0.2) is 0 Å². The Morgan fingerprint density at radius 1 is 1.30 bits per heavy atom. The monoisotopic (exact) mass is 276 g/mol. The van der Waals surface area contributed by atoms with E-state index in [1.807, 2.05) is 7.05 Å². The molecule has 3 nitrogen and oxygen atoms in total. The third kappa shape index (κ3) is 3.40. The predicted octanol–water partition coefficient (Wildman–Crippen LogP) is 2.67. The van der Waals surface area contributed by atoms with Gasteiger partial charge in [-0.15, -0.1) is 0 Å². The Balaban J connectivity index is 2.19. The highest BCUT2D eigenvalue weighted by Crippen LogP contribution is 2.26. The molecule has 0 saturated carbocycles. The molecule has 1 aliphatic rings. The van der Waals surface area contributed by atoms with Crippen molar-refractivity contribution in [1.82, 2.24) is 10.2 Å². The lowest BCUT2D eigenvalue weighted by molar-refractivity contribution is -0.0551. The molecule has 2 unspecified atom stereocenters. The highest BCUT2D eigenvalue weighted by Gasteiger charge is 2.30. The quantitative estimate of drug-likeness (QED) is 0.915. The molecule has 0 aliphatic carbocycles. The molecule has 0 aromatic heterocycles. The Hall–Kier alpha value is -0.900. The topological polar surface area (TPSA) is 24.5 Å². The molecule has 112 valence electrons. The number of morpholine rings is 1. The molecule has 1 aromatic rings. The van der Waals surface area contributed by atoms with Crippen molar-refractivity contribution in [2.24, 2.45) is 0 Å². The van der Waals surface area contributed by atoms with E-state index in [2.05, 4.69) is 56.1 Å². The van der Waals surface area contributed by atoms with Crippen LogP contribution in [0, 0.1) is 13.8 Å². The third-order valence-corrected chi connectivity index (χ3v) is 4.30. The summed E-state index contributed by atoms with van der Waals surface area (Å²) < 4.78 is 6.05. The zero-order valence-corrected chi connectivity index (χ0v) is 13.4. The molecule has 1 aromatic carbocycles. The van der Waals surface area contributed by atoms with Crippen molar-refractivity contribution in [1.29, 1.82) is 0 Å². The minimum Gasteiger partial charge on any atom is -0.374 e. The molecule has 1 fully saturated rings. The van der Waals surface area contributed by atoms with Crippen LogP contribution >= 0.6 is 0 Å². The smallest absolute Gasteiger partial charge is 0.0897 e. The largest absolute Gasteiger partial charge is 0.374 e. The van der Waals surface area contributed by atoms with E-state index in [1.54, 1.807) is 0 Å². The van der Waals surface area contributed by atoms with E-state index in [0.29, 0.717) is 6.04 Å². The second kappa shape index (κ2) is 6.70. The van der Waals surface area contributed by atoms with Crippen LogP contribution in [0.3, 0.4) is 0 Å². The van der Waals surface area contributed by atoms with Crippen LogP contribution in [0.25, 0.3) is 0 Å². The van der Waals surface area contributed by atoms with Crippen molar-refractivity contribution in [2.75, 3.05) is 26.7 Å². The van der Waals surface area contributed by atoms with Gasteiger partial charge in [0.05, 0.1) is 18.8 Å². The van der Waals surface area contributed by atoms with E-state index in [4.69, 9.17) is 4.74 Å². The van der Waals surface area contributed by atoms with E-state index < -0.39 is 0 Å². The number of likely N-dealkylation sites (N-methyl/N-ethyl adjacent to an activating group) is 1. The number of nitrogens with zero attached hydrogens (tertiary/aromatic N) is 1. The Labute approximate surface area is 123 Å². The van der Waals surface area contributed by atoms with Gasteiger partial charge in [-0.3, -0.25) is 4.90 Å². The Kier molecular flexibility index (Phi) is 5.19. The summed E-state index contributed by atoms with van der Waals surface area (Å²) in [6.07, 6.45) is 0.220. The molecular formula is C17H28N2O. The molecule has 1 heterocycles. The van der Waals surface area contributed by atoms with Gasteiger partial charge in [0.25, 0.3) is 0 Å². The number of hydrogen-bond acceptors (Lipinski definition) is 3. The standard InChI is InChI=1S/C17H28N2O/c1-12(2)19-8-9-20-16(11-19)17(18-5)15-7-6-13(3)10-14(15)4/h6-7,10,12,16-18H,8-9,11H2,1-5H3. The lowest BCUT2D eigenvalue weighted by Crippen LogP contribution is -2.50. The SMILES string of the molecule is CNC(c1ccc(C)cc1C)C1CN(C(C)C)CCO1. The number of benzene rings is 1. The minimum absolute atomic E-state index is 0.220. The van der Waals surface area contributed by atoms with Crippen molar-refractivity contribution in [3.8, 4) is 0 Å². The molecule has 1 saturated heterocycles. The van der Waals surface area contributed by atoms with Crippen LogP contribution in [0.4, 0.5) is 0 Å². The molecule has 1 N–H and O–H groups in total. The zero-order chi connectivity index (χ0) is 14.7. The lowest BCUT2D eigenvalue weighted by Gasteiger charge is -2.39. The van der Waals surface area contributed by atoms with Gasteiger partial charge >= 0.3 is 0 Å². The van der Waals surface area contributed by atoms with E-state index in [0.717, 1.165) is 19.7 Å². The number of ether oxygens (including phenoxy) is 1. The molecule has 0 radical (unpaired) electrons. The summed E-state index contributed by atoms with van der Waals surface area (Å²) in [7, 11) is 2.03. The summed E-state index contributed by atoms with van der Waals surface area (Å²) in [5, 5.41) is 3.46. The predicted molar refractivity (Wildman–Crippen MR) is 84.2 cm³/mol. The van der Waals surface area contributed by atoms with Gasteiger partial charge in [0, 0.05) is 19.1 Å². The second-order valence-corrected chi connectivity index (χ2v) is 6.12. The normalized spacial score (nSPS) is 22.2. The fraction of sp³-hybridized carbons (Fsp3) is 0.647. The first-order chi connectivity index (χ1) is 9.52. The fourth-order valence-electron chi connectivity index (χ4n) is 3.08. The molecule has 20 heavy (non-hydrogen) atoms. The van der Waals surface area contributed by atoms with Crippen LogP contribution in [0.1, 0.15) is 36.6 Å². The third-order valence-electron chi connectivity index (χ3n) is 4.30. The van der Waals surface area contributed by atoms with Crippen LogP contribution in [-0.4, -0.2) is 43.8 Å². The molecular weight excluding hydrogens is 248 g/mol. The van der Waals surface area contributed by atoms with Crippen LogP contribution in [0.5, 0.6) is 0 Å². The number of hydrogen-bond donors (Lipinski definition) is 1. The summed E-state index contributed by atoms with van der Waals surface area (Å²) in [6, 6.07) is 7.53. The van der Waals surface area contributed by atoms with E-state index in [-0.39, 0.29) is 12.1 Å². The van der Waals surface area contributed by atoms with Crippen LogP contribution in [0.15, 0.2) is 18.2 Å². The first kappa shape index (κ1) is 15.5. The van der Waals surface area contributed by atoms with Gasteiger partial charge in [-0.05, 0) is 45.9 Å². The maximum absolute atomic E-state index is 6.05. The summed E-state index contributed by atoms with van der Waals surface area (Å²) in [5.74, 6) is 0. The Morgan fingerprint density at radius 3 is 2.65 bits per heavy atom. The summed E-state index contributed by atoms with van der Waals surface area (Å²) >= 11 is 0. The Morgan fingerprint density at radius 2 is 2.05 bits per heavy atom. The average Bonchev–Trinajstić information content (AvgIpc) is 2.42. The maximum atomic E-state index is 6.05. The van der Waals surface area contributed by atoms with Crippen molar-refractivity contribution in [3.05, 3.63) is 34.9 Å². The number of aryl methyl sites for hydroxylation is 2. The van der Waals surface area contributed by atoms with E-state index >= 15 is 0 Å². The van der Waals surface area contributed by atoms with Crippen molar-refractivity contribution >= 4 is 0 Å². The van der Waals surface area contributed by atoms with Crippen LogP contribution in [-0.2, 0) is 4.74 Å². The summed E-state index contributed by atoms with van der Waals surface area (Å²) in [5.41, 5.74) is 4.01. The highest BCUT2D eigenvalue weighted by molar-refractivity contribution is 5.33. The zero-order valence-electron chi connectivity index (χ0n) is 13.4. The molecule has 1 aliphatic heterocycles. The van der Waals surface area contributed by atoms with E-state index in [1.165, 1.54) is 16.7 Å². The number of rotatable bonds is 4. The molecule has 2 atom stereocenters. The van der Waals surface area contributed by atoms with Gasteiger partial charge in [-0.2, -0.15) is 0 Å². The van der Waals surface area contributed by atoms with Crippen molar-refractivity contribution < 1.29 is 4.74 Å². The average molecular weight is 276 g/mol. The Bertz CT molecular complexity index is 445. The van der Waals surface area contributed by atoms with Crippen molar-refractivity contribution in [2.45, 2.75) is 45.9 Å². The van der Waals surface area contributed by atoms with Crippen molar-refractivity contribution in [3.63, 3.8) is 0 Å². The molecule has 2 rings (SSSR count). The molecule has 0 bridgehead atoms. The summed E-state index contributed by atoms with van der Waals surface area (Å²) in [4.78, 5) is 2.50. The number of nitrogens with one attached hydrogen (secondary N) is 1. The molecule has 3 heteroatoms. The van der Waals surface area contributed by atoms with E-state index in [9.17, 15) is 0 Å². The minimum atomic E-state index is 0.220. The van der Waals surface area contributed by atoms with Crippen LogP contribution in [0.2, 0.25) is 0 Å². The highest BCUT2D eigenvalue weighted by atomic mass is 16.5. The first-order valence-corrected chi connectivity index (χ1v) is 7.63. The van der Waals surface area contributed by atoms with Gasteiger partial charge in [-0.1, -0.05) is 23.8 Å². The first-order valence-electron chi connectivity index (χ1n) is 7.63. The fourth-order valence-corrected chi connectivity index (χ4v) is 3.08. The van der Waals surface area contributed by atoms with Gasteiger partial charge < -0.3 is 10.1 Å². The molecule has 0 amide bonds. The maximum Gasteiger partial charge on any atom is 0.0897 e. The lowest BCUT2D eigenvalue weighted by atomic mass is 9.94.